The number of nitrogens with one attached hydrogen (secondary N) is 1. The minimum absolute atomic E-state index is 0.0224. The molecule has 1 amide bonds. The van der Waals surface area contributed by atoms with E-state index in [1.54, 1.807) is 55.5 Å². The maximum Gasteiger partial charge on any atom is 0.264 e. The zero-order valence-corrected chi connectivity index (χ0v) is 18.8. The highest BCUT2D eigenvalue weighted by Crippen LogP contribution is 2.29. The smallest absolute Gasteiger partial charge is 0.264 e. The second kappa shape index (κ2) is 9.85. The van der Waals surface area contributed by atoms with Crippen LogP contribution in [0.4, 0.5) is 11.4 Å². The molecular weight excluding hydrogens is 436 g/mol. The molecule has 0 unspecified atom stereocenters. The van der Waals surface area contributed by atoms with Gasteiger partial charge in [-0.25, -0.2) is 8.42 Å². The quantitative estimate of drug-likeness (QED) is 0.503. The molecule has 0 aliphatic rings. The number of anilines is 2. The van der Waals surface area contributed by atoms with E-state index in [0.717, 1.165) is 0 Å². The third-order valence-electron chi connectivity index (χ3n) is 4.54. The third-order valence-corrected chi connectivity index (χ3v) is 6.77. The third kappa shape index (κ3) is 5.00. The summed E-state index contributed by atoms with van der Waals surface area (Å²) in [4.78, 5) is 12.9. The fourth-order valence-electron chi connectivity index (χ4n) is 3.09. The molecule has 0 saturated heterocycles. The Morgan fingerprint density at radius 1 is 1.00 bits per heavy atom. The van der Waals surface area contributed by atoms with E-state index >= 15 is 0 Å². The van der Waals surface area contributed by atoms with Crippen molar-refractivity contribution in [2.45, 2.75) is 18.7 Å². The molecule has 0 bridgehead atoms. The molecule has 0 saturated carbocycles. The Hall–Kier alpha value is -3.03. The number of amides is 1. The van der Waals surface area contributed by atoms with Crippen LogP contribution in [0.5, 0.6) is 5.75 Å². The Labute approximate surface area is 187 Å². The number of hydrogen-bond donors (Lipinski definition) is 1. The lowest BCUT2D eigenvalue weighted by atomic mass is 10.2. The van der Waals surface area contributed by atoms with Gasteiger partial charge in [0.05, 0.1) is 33.5 Å². The van der Waals surface area contributed by atoms with E-state index in [-0.39, 0.29) is 22.0 Å². The molecule has 3 rings (SSSR count). The fourth-order valence-corrected chi connectivity index (χ4v) is 4.80. The average molecular weight is 459 g/mol. The molecule has 8 heteroatoms. The zero-order chi connectivity index (χ0) is 22.4. The summed E-state index contributed by atoms with van der Waals surface area (Å²) in [7, 11) is -3.90. The predicted octanol–water partition coefficient (Wildman–Crippen LogP) is 5.21. The summed E-state index contributed by atoms with van der Waals surface area (Å²) >= 11 is 6.24. The van der Waals surface area contributed by atoms with Crippen LogP contribution in [0.2, 0.25) is 5.02 Å². The van der Waals surface area contributed by atoms with E-state index in [2.05, 4.69) is 5.32 Å². The number of para-hydroxylation sites is 3. The number of halogens is 1. The molecule has 0 fully saturated rings. The molecule has 3 aromatic rings. The van der Waals surface area contributed by atoms with E-state index in [0.29, 0.717) is 23.7 Å². The highest BCUT2D eigenvalue weighted by Gasteiger charge is 2.25. The summed E-state index contributed by atoms with van der Waals surface area (Å²) in [6, 6.07) is 19.9. The maximum atomic E-state index is 13.3. The van der Waals surface area contributed by atoms with Crippen LogP contribution in [0.3, 0.4) is 0 Å². The van der Waals surface area contributed by atoms with Crippen LogP contribution >= 0.6 is 11.6 Å². The van der Waals surface area contributed by atoms with Crippen molar-refractivity contribution in [2.75, 3.05) is 22.8 Å². The number of rotatable bonds is 8. The Kier molecular flexibility index (Phi) is 7.20. The van der Waals surface area contributed by atoms with Crippen LogP contribution in [-0.4, -0.2) is 27.5 Å². The molecule has 0 aliphatic heterocycles. The standard InChI is InChI=1S/C23H23ClN2O4S/c1-3-26(17-10-6-5-7-11-17)31(28,29)18-14-15-20(24)19(16-18)23(27)25-21-12-8-9-13-22(21)30-4-2/h5-16H,3-4H2,1-2H3,(H,25,27). The van der Waals surface area contributed by atoms with E-state index in [4.69, 9.17) is 16.3 Å². The lowest BCUT2D eigenvalue weighted by Gasteiger charge is -2.23. The highest BCUT2D eigenvalue weighted by molar-refractivity contribution is 7.92. The van der Waals surface area contributed by atoms with Gasteiger partial charge in [0.25, 0.3) is 15.9 Å². The first kappa shape index (κ1) is 22.7. The van der Waals surface area contributed by atoms with Crippen molar-refractivity contribution in [3.63, 3.8) is 0 Å². The Bertz CT molecular complexity index is 1170. The Morgan fingerprint density at radius 3 is 2.35 bits per heavy atom. The van der Waals surface area contributed by atoms with Crippen molar-refractivity contribution >= 4 is 38.9 Å². The van der Waals surface area contributed by atoms with Gasteiger partial charge in [-0.2, -0.15) is 0 Å². The first-order valence-electron chi connectivity index (χ1n) is 9.79. The van der Waals surface area contributed by atoms with Crippen molar-refractivity contribution in [1.82, 2.24) is 0 Å². The molecule has 0 aliphatic carbocycles. The monoisotopic (exact) mass is 458 g/mol. The topological polar surface area (TPSA) is 75.7 Å². The lowest BCUT2D eigenvalue weighted by molar-refractivity contribution is 0.102. The van der Waals surface area contributed by atoms with Crippen LogP contribution in [0.25, 0.3) is 0 Å². The summed E-state index contributed by atoms with van der Waals surface area (Å²) < 4.78 is 33.4. The van der Waals surface area contributed by atoms with Crippen molar-refractivity contribution in [2.24, 2.45) is 0 Å². The minimum atomic E-state index is -3.90. The van der Waals surface area contributed by atoms with Gasteiger partial charge in [0.1, 0.15) is 5.75 Å². The molecular formula is C23H23ClN2O4S. The molecule has 0 aromatic heterocycles. The van der Waals surface area contributed by atoms with E-state index < -0.39 is 15.9 Å². The van der Waals surface area contributed by atoms with Crippen LogP contribution in [-0.2, 0) is 10.0 Å². The van der Waals surface area contributed by atoms with Gasteiger partial charge in [-0.3, -0.25) is 9.10 Å². The van der Waals surface area contributed by atoms with Crippen LogP contribution in [0, 0.1) is 0 Å². The molecule has 6 nitrogen and oxygen atoms in total. The number of hydrogen-bond acceptors (Lipinski definition) is 4. The number of nitrogens with zero attached hydrogens (tertiary/aromatic N) is 1. The van der Waals surface area contributed by atoms with Gasteiger partial charge in [0.2, 0.25) is 0 Å². The number of benzene rings is 3. The van der Waals surface area contributed by atoms with Gasteiger partial charge in [-0.05, 0) is 56.3 Å². The van der Waals surface area contributed by atoms with E-state index in [1.807, 2.05) is 13.0 Å². The van der Waals surface area contributed by atoms with Crippen molar-refractivity contribution in [1.29, 1.82) is 0 Å². The summed E-state index contributed by atoms with van der Waals surface area (Å²) in [5.41, 5.74) is 1.06. The number of carbonyl (C=O) groups is 1. The minimum Gasteiger partial charge on any atom is -0.492 e. The molecule has 0 spiro atoms. The maximum absolute atomic E-state index is 13.3. The molecule has 0 heterocycles. The molecule has 0 atom stereocenters. The summed E-state index contributed by atoms with van der Waals surface area (Å²) in [6.07, 6.45) is 0. The molecule has 0 radical (unpaired) electrons. The zero-order valence-electron chi connectivity index (χ0n) is 17.2. The molecule has 31 heavy (non-hydrogen) atoms. The van der Waals surface area contributed by atoms with E-state index in [9.17, 15) is 13.2 Å². The van der Waals surface area contributed by atoms with Gasteiger partial charge in [0, 0.05) is 6.54 Å². The highest BCUT2D eigenvalue weighted by atomic mass is 35.5. The van der Waals surface area contributed by atoms with Gasteiger partial charge < -0.3 is 10.1 Å². The van der Waals surface area contributed by atoms with Crippen molar-refractivity contribution in [3.8, 4) is 5.75 Å². The second-order valence-electron chi connectivity index (χ2n) is 6.53. The lowest BCUT2D eigenvalue weighted by Crippen LogP contribution is -2.31. The summed E-state index contributed by atoms with van der Waals surface area (Å²) in [5.74, 6) is -0.0172. The summed E-state index contributed by atoms with van der Waals surface area (Å²) in [5, 5.41) is 2.90. The Balaban J connectivity index is 1.95. The van der Waals surface area contributed by atoms with Gasteiger partial charge in [0.15, 0.2) is 0 Å². The van der Waals surface area contributed by atoms with Crippen molar-refractivity contribution in [3.05, 3.63) is 83.4 Å². The SMILES string of the molecule is CCOc1ccccc1NC(=O)c1cc(S(=O)(=O)N(CC)c2ccccc2)ccc1Cl. The largest absolute Gasteiger partial charge is 0.492 e. The Morgan fingerprint density at radius 2 is 1.68 bits per heavy atom. The normalized spacial score (nSPS) is 11.1. The second-order valence-corrected chi connectivity index (χ2v) is 8.80. The fraction of sp³-hybridized carbons (Fsp3) is 0.174. The van der Waals surface area contributed by atoms with Gasteiger partial charge >= 0.3 is 0 Å². The van der Waals surface area contributed by atoms with Gasteiger partial charge in [-0.1, -0.05) is 41.9 Å². The first-order valence-corrected chi connectivity index (χ1v) is 11.6. The first-order chi connectivity index (χ1) is 14.9. The van der Waals surface area contributed by atoms with Crippen molar-refractivity contribution < 1.29 is 17.9 Å². The van der Waals surface area contributed by atoms with Crippen LogP contribution in [0.1, 0.15) is 24.2 Å². The predicted molar refractivity (Wildman–Crippen MR) is 124 cm³/mol. The molecule has 3 aromatic carbocycles. The van der Waals surface area contributed by atoms with E-state index in [1.165, 1.54) is 22.5 Å². The number of sulfonamides is 1. The van der Waals surface area contributed by atoms with Gasteiger partial charge in [-0.15, -0.1) is 0 Å². The molecule has 1 N–H and O–H groups in total. The van der Waals surface area contributed by atoms with Crippen LogP contribution < -0.4 is 14.4 Å². The molecule has 162 valence electrons. The number of ether oxygens (including phenoxy) is 1. The average Bonchev–Trinajstić information content (AvgIpc) is 2.76. The van der Waals surface area contributed by atoms with Crippen LogP contribution in [0.15, 0.2) is 77.7 Å². The summed E-state index contributed by atoms with van der Waals surface area (Å²) in [6.45, 7) is 4.26. The number of carbonyl (C=O) groups excluding carboxylic acids is 1.